The number of hydrogen-bond donors (Lipinski definition) is 0. The summed E-state index contributed by atoms with van der Waals surface area (Å²) in [6.07, 6.45) is 25.2. The Morgan fingerprint density at radius 2 is 0.406 bits per heavy atom. The van der Waals surface area contributed by atoms with E-state index in [1.807, 2.05) is 0 Å². The standard InChI is InChI=1S/C100H128O28/c1-13-21-25-29-33-73-53-77-61-79-55-74(34-30-26-22-14-2)57-81(94(79)118-46-50-122-98(110)70(10)66-126-90(106)42-38-86(102)114-18-6)63-83-59-76(36-32-28-24-16-4)60-84(96(83)120-48-52-124-100(112)72(12)68-128-92(108)44-40-88(104)116-20-8)64-82-58-75(35-31-27-23-15-3)56-80(95(82)119-47-51-123-99(111)71(11)67-127-91(107)43-39-87(103)115-19-7)62-78(54-73)93(77)117-45-49-121-97(109)69(9)65-125-89(105)41-37-85(101)113-17-5/h37-44,53-60H,9-36,45-52,61-68H2,1-8H3/b41-37-,42-38-,43-39-,44-40-. The van der Waals surface area contributed by atoms with E-state index in [9.17, 15) is 57.5 Å². The fourth-order valence-electron chi connectivity index (χ4n) is 13.4. The molecule has 0 amide bonds. The van der Waals surface area contributed by atoms with E-state index < -0.39 is 98.1 Å². The molecule has 0 spiro atoms. The molecule has 1 aliphatic rings. The van der Waals surface area contributed by atoms with Crippen LogP contribution in [0.1, 0.15) is 225 Å². The van der Waals surface area contributed by atoms with Gasteiger partial charge in [0.15, 0.2) is 0 Å². The maximum atomic E-state index is 13.7. The molecule has 0 fully saturated rings. The van der Waals surface area contributed by atoms with Gasteiger partial charge in [-0.1, -0.05) is 180 Å². The van der Waals surface area contributed by atoms with Gasteiger partial charge in [0.05, 0.1) is 48.7 Å². The average Bonchev–Trinajstić information content (AvgIpc) is 0.771. The first kappa shape index (κ1) is 106. The summed E-state index contributed by atoms with van der Waals surface area (Å²) < 4.78 is 91.7. The number of rotatable bonds is 60. The summed E-state index contributed by atoms with van der Waals surface area (Å²) in [7, 11) is 0. The van der Waals surface area contributed by atoms with Crippen LogP contribution < -0.4 is 18.9 Å². The van der Waals surface area contributed by atoms with Gasteiger partial charge in [-0.05, 0) is 146 Å². The zero-order valence-electron chi connectivity index (χ0n) is 75.8. The first-order chi connectivity index (χ1) is 61.8. The Labute approximate surface area is 752 Å². The number of aryl methyl sites for hydroxylation is 4. The minimum absolute atomic E-state index is 0.0850. The summed E-state index contributed by atoms with van der Waals surface area (Å²) in [6, 6.07) is 17.0. The Morgan fingerprint density at radius 3 is 0.570 bits per heavy atom. The number of carbonyl (C=O) groups is 12. The van der Waals surface area contributed by atoms with Crippen molar-refractivity contribution in [3.8, 4) is 23.0 Å². The van der Waals surface area contributed by atoms with Gasteiger partial charge in [0, 0.05) is 74.3 Å². The van der Waals surface area contributed by atoms with Gasteiger partial charge in [-0.15, -0.1) is 0 Å². The minimum atomic E-state index is -0.929. The number of esters is 12. The molecule has 1 aliphatic carbocycles. The van der Waals surface area contributed by atoms with E-state index in [0.717, 1.165) is 174 Å². The second kappa shape index (κ2) is 61.1. The summed E-state index contributed by atoms with van der Waals surface area (Å²) in [5.41, 5.74) is 8.77. The van der Waals surface area contributed by atoms with Crippen molar-refractivity contribution in [2.75, 3.05) is 106 Å². The molecule has 0 saturated heterocycles. The molecule has 0 unspecified atom stereocenters. The molecular formula is C100H128O28. The number of benzene rings is 4. The predicted molar refractivity (Wildman–Crippen MR) is 478 cm³/mol. The lowest BCUT2D eigenvalue weighted by molar-refractivity contribution is -0.144. The monoisotopic (exact) mass is 1780 g/mol. The van der Waals surface area contributed by atoms with Crippen molar-refractivity contribution in [2.24, 2.45) is 0 Å². The van der Waals surface area contributed by atoms with Gasteiger partial charge < -0.3 is 75.8 Å². The fourth-order valence-corrected chi connectivity index (χ4v) is 13.4. The van der Waals surface area contributed by atoms with E-state index >= 15 is 0 Å². The predicted octanol–water partition coefficient (Wildman–Crippen LogP) is 15.4. The van der Waals surface area contributed by atoms with Gasteiger partial charge in [-0.2, -0.15) is 0 Å². The third kappa shape index (κ3) is 41.0. The molecule has 0 saturated carbocycles. The van der Waals surface area contributed by atoms with Gasteiger partial charge in [-0.3, -0.25) is 0 Å². The fraction of sp³-hybridized carbons (Fsp3) is 0.480. The summed E-state index contributed by atoms with van der Waals surface area (Å²) >= 11 is 0. The average molecular weight is 1780 g/mol. The van der Waals surface area contributed by atoms with Crippen LogP contribution in [0.25, 0.3) is 0 Å². The van der Waals surface area contributed by atoms with Gasteiger partial charge in [0.25, 0.3) is 0 Å². The van der Waals surface area contributed by atoms with Crippen molar-refractivity contribution < 1.29 is 133 Å². The molecule has 696 valence electrons. The van der Waals surface area contributed by atoms with Crippen molar-refractivity contribution in [3.05, 3.63) is 213 Å². The number of fused-ring (bicyclic) bond motifs is 8. The van der Waals surface area contributed by atoms with Gasteiger partial charge in [0.2, 0.25) is 0 Å². The quantitative estimate of drug-likeness (QED) is 0.0151. The third-order valence-electron chi connectivity index (χ3n) is 19.5. The summed E-state index contributed by atoms with van der Waals surface area (Å²) in [6.45, 7) is 26.2. The van der Waals surface area contributed by atoms with E-state index in [-0.39, 0.29) is 127 Å². The van der Waals surface area contributed by atoms with Crippen LogP contribution >= 0.6 is 0 Å². The van der Waals surface area contributed by atoms with Crippen LogP contribution in [0.4, 0.5) is 0 Å². The highest BCUT2D eigenvalue weighted by molar-refractivity contribution is 5.96. The first-order valence-corrected chi connectivity index (χ1v) is 44.3. The Balaban J connectivity index is 1.86. The highest BCUT2D eigenvalue weighted by Gasteiger charge is 2.28. The highest BCUT2D eigenvalue weighted by atomic mass is 16.6. The Hall–Kier alpha value is -12.4. The smallest absolute Gasteiger partial charge is 0.337 e. The van der Waals surface area contributed by atoms with Crippen molar-refractivity contribution in [3.63, 3.8) is 0 Å². The largest absolute Gasteiger partial charge is 0.489 e. The van der Waals surface area contributed by atoms with E-state index in [2.05, 4.69) is 103 Å². The van der Waals surface area contributed by atoms with E-state index in [4.69, 9.17) is 75.8 Å². The summed E-state index contributed by atoms with van der Waals surface area (Å²) in [5.74, 6) is -8.57. The molecule has 0 atom stereocenters. The Morgan fingerprint density at radius 1 is 0.234 bits per heavy atom. The third-order valence-corrected chi connectivity index (χ3v) is 19.5. The van der Waals surface area contributed by atoms with E-state index in [1.165, 1.54) is 0 Å². The molecule has 128 heavy (non-hydrogen) atoms. The molecule has 4 aromatic carbocycles. The molecule has 0 aliphatic heterocycles. The maximum absolute atomic E-state index is 13.7. The van der Waals surface area contributed by atoms with Crippen LogP contribution in [0.5, 0.6) is 23.0 Å². The Bertz CT molecular complexity index is 3890. The molecule has 0 radical (unpaired) electrons. The van der Waals surface area contributed by atoms with Gasteiger partial charge in [-0.25, -0.2) is 57.5 Å². The first-order valence-electron chi connectivity index (χ1n) is 44.3. The molecule has 8 bridgehead atoms. The number of ether oxygens (including phenoxy) is 16. The molecular weight excluding hydrogens is 1650 g/mol. The lowest BCUT2D eigenvalue weighted by Gasteiger charge is -2.25. The molecule has 4 aromatic rings. The van der Waals surface area contributed by atoms with Crippen molar-refractivity contribution in [1.29, 1.82) is 0 Å². The maximum Gasteiger partial charge on any atom is 0.337 e. The second-order valence-electron chi connectivity index (χ2n) is 30.0. The SMILES string of the molecule is C=C(COC(=O)/C=C\C(=O)OCC)C(=O)OCCOc1c2cc(CCCCCC)cc1Cc1cc(CCCCCC)cc(c1OCCOC(=O)C(=C)COC(=O)/C=C\C(=O)OCC)Cc1cc(CCCCCC)cc(c1OCCOC(=O)C(=C)COC(=O)/C=C\C(=O)OCC)Cc1cc(CCCCCC)cc(c1OCCOC(=O)C(=C)COC(=O)/C=C\C(=O)OCC)C2. The number of hydrogen-bond acceptors (Lipinski definition) is 28. The lowest BCUT2D eigenvalue weighted by atomic mass is 9.87. The van der Waals surface area contributed by atoms with Crippen LogP contribution in [0.2, 0.25) is 0 Å². The normalized spacial score (nSPS) is 11.6. The molecule has 0 N–H and O–H groups in total. The minimum Gasteiger partial charge on any atom is -0.489 e. The van der Waals surface area contributed by atoms with Crippen LogP contribution in [-0.2, 0) is 166 Å². The Kier molecular flexibility index (Phi) is 50.7. The zero-order chi connectivity index (χ0) is 93.4. The van der Waals surface area contributed by atoms with E-state index in [1.54, 1.807) is 27.7 Å². The topological polar surface area (TPSA) is 353 Å². The lowest BCUT2D eigenvalue weighted by Crippen LogP contribution is -2.19. The molecule has 28 heteroatoms. The molecule has 0 aromatic heterocycles. The second-order valence-corrected chi connectivity index (χ2v) is 30.0. The van der Waals surface area contributed by atoms with Crippen molar-refractivity contribution in [2.45, 2.75) is 209 Å². The highest BCUT2D eigenvalue weighted by Crippen LogP contribution is 2.42. The molecule has 28 nitrogen and oxygen atoms in total. The summed E-state index contributed by atoms with van der Waals surface area (Å²) in [4.78, 5) is 153. The van der Waals surface area contributed by atoms with Crippen LogP contribution in [-0.4, -0.2) is 177 Å². The van der Waals surface area contributed by atoms with Crippen molar-refractivity contribution >= 4 is 71.6 Å². The number of carbonyl (C=O) groups excluding carboxylic acids is 12. The van der Waals surface area contributed by atoms with Crippen molar-refractivity contribution in [1.82, 2.24) is 0 Å². The van der Waals surface area contributed by atoms with Crippen LogP contribution in [0, 0.1) is 0 Å². The number of unbranched alkanes of at least 4 members (excludes halogenated alkanes) is 12. The van der Waals surface area contributed by atoms with Crippen LogP contribution in [0.3, 0.4) is 0 Å². The van der Waals surface area contributed by atoms with Crippen LogP contribution in [0.15, 0.2) is 146 Å². The van der Waals surface area contributed by atoms with Gasteiger partial charge in [0.1, 0.15) is 102 Å². The summed E-state index contributed by atoms with van der Waals surface area (Å²) in [5, 5.41) is 0. The molecule has 5 rings (SSSR count). The van der Waals surface area contributed by atoms with Gasteiger partial charge >= 0.3 is 71.6 Å². The van der Waals surface area contributed by atoms with E-state index in [0.29, 0.717) is 93.2 Å². The molecule has 0 heterocycles. The zero-order valence-corrected chi connectivity index (χ0v) is 75.8.